The van der Waals surface area contributed by atoms with Crippen molar-refractivity contribution in [2.75, 3.05) is 7.05 Å². The maximum atomic E-state index is 13.3. The van der Waals surface area contributed by atoms with Gasteiger partial charge in [-0.15, -0.1) is 0 Å². The van der Waals surface area contributed by atoms with Crippen molar-refractivity contribution in [2.45, 2.75) is 25.3 Å². The summed E-state index contributed by atoms with van der Waals surface area (Å²) in [6, 6.07) is 17.0. The second-order valence-corrected chi connectivity index (χ2v) is 7.07. The standard InChI is InChI=1S/C24H23N3O2/c1-4-18-12-9-13-19(16-25)20(18)14-21-22(28)26-24(5-2,23(29)27(21)3)15-17-10-7-6-8-11-17/h4,6-14H,1,5,15H2,2-3H3,(H,26,28). The molecule has 3 rings (SSSR count). The van der Waals surface area contributed by atoms with E-state index in [4.69, 9.17) is 0 Å². The third-order valence-corrected chi connectivity index (χ3v) is 5.37. The van der Waals surface area contributed by atoms with Gasteiger partial charge < -0.3 is 10.2 Å². The van der Waals surface area contributed by atoms with Gasteiger partial charge in [0.15, 0.2) is 0 Å². The lowest BCUT2D eigenvalue weighted by Gasteiger charge is -2.41. The number of hydrogen-bond acceptors (Lipinski definition) is 3. The van der Waals surface area contributed by atoms with Crippen molar-refractivity contribution in [3.63, 3.8) is 0 Å². The number of rotatable bonds is 5. The largest absolute Gasteiger partial charge is 0.336 e. The molecule has 0 bridgehead atoms. The molecule has 0 radical (unpaired) electrons. The average Bonchev–Trinajstić information content (AvgIpc) is 2.75. The summed E-state index contributed by atoms with van der Waals surface area (Å²) in [6.07, 6.45) is 4.10. The normalized spacial score (nSPS) is 20.3. The van der Waals surface area contributed by atoms with Crippen LogP contribution < -0.4 is 5.32 Å². The molecule has 1 heterocycles. The van der Waals surface area contributed by atoms with E-state index in [0.717, 1.165) is 11.1 Å². The van der Waals surface area contributed by atoms with Gasteiger partial charge in [-0.25, -0.2) is 0 Å². The first-order chi connectivity index (χ1) is 14.0. The lowest BCUT2D eigenvalue weighted by Crippen LogP contribution is -2.65. The van der Waals surface area contributed by atoms with E-state index < -0.39 is 5.54 Å². The van der Waals surface area contributed by atoms with Crippen molar-refractivity contribution in [2.24, 2.45) is 0 Å². The third kappa shape index (κ3) is 3.70. The zero-order valence-electron chi connectivity index (χ0n) is 16.6. The van der Waals surface area contributed by atoms with Crippen molar-refractivity contribution >= 4 is 24.0 Å². The van der Waals surface area contributed by atoms with Crippen LogP contribution in [0.15, 0.2) is 60.8 Å². The predicted molar refractivity (Wildman–Crippen MR) is 113 cm³/mol. The van der Waals surface area contributed by atoms with E-state index in [9.17, 15) is 14.9 Å². The number of amides is 2. The van der Waals surface area contributed by atoms with E-state index in [1.54, 1.807) is 31.3 Å². The molecule has 2 aromatic rings. The number of carbonyl (C=O) groups is 2. The van der Waals surface area contributed by atoms with E-state index in [2.05, 4.69) is 18.0 Å². The average molecular weight is 385 g/mol. The Morgan fingerprint density at radius 1 is 1.17 bits per heavy atom. The maximum absolute atomic E-state index is 13.3. The van der Waals surface area contributed by atoms with Crippen LogP contribution in [0.4, 0.5) is 0 Å². The molecule has 1 atom stereocenters. The minimum atomic E-state index is -0.999. The van der Waals surface area contributed by atoms with Crippen LogP contribution in [0.1, 0.15) is 35.6 Å². The molecule has 2 aromatic carbocycles. The Bertz CT molecular complexity index is 1030. The van der Waals surface area contributed by atoms with Crippen LogP contribution in [0, 0.1) is 11.3 Å². The highest BCUT2D eigenvalue weighted by Crippen LogP contribution is 2.29. The molecule has 29 heavy (non-hydrogen) atoms. The van der Waals surface area contributed by atoms with Gasteiger partial charge in [0.25, 0.3) is 11.8 Å². The molecule has 1 aliphatic rings. The fourth-order valence-electron chi connectivity index (χ4n) is 3.67. The van der Waals surface area contributed by atoms with Crippen LogP contribution in [-0.4, -0.2) is 29.3 Å². The van der Waals surface area contributed by atoms with Crippen LogP contribution in [-0.2, 0) is 16.0 Å². The number of likely N-dealkylation sites (N-methyl/N-ethyl adjacent to an activating group) is 1. The Morgan fingerprint density at radius 3 is 2.52 bits per heavy atom. The van der Waals surface area contributed by atoms with E-state index in [1.807, 2.05) is 43.3 Å². The number of nitrogens with zero attached hydrogens (tertiary/aromatic N) is 2. The van der Waals surface area contributed by atoms with Crippen LogP contribution in [0.25, 0.3) is 12.2 Å². The Kier molecular flexibility index (Phi) is 5.65. The summed E-state index contributed by atoms with van der Waals surface area (Å²) in [5.41, 5.74) is 1.90. The fraction of sp³-hybridized carbons (Fsp3) is 0.208. The molecule has 0 aromatic heterocycles. The molecule has 2 amide bonds. The van der Waals surface area contributed by atoms with Crippen molar-refractivity contribution in [3.05, 3.63) is 83.1 Å². The van der Waals surface area contributed by atoms with E-state index in [-0.39, 0.29) is 17.5 Å². The predicted octanol–water partition coefficient (Wildman–Crippen LogP) is 3.52. The second kappa shape index (κ2) is 8.15. The lowest BCUT2D eigenvalue weighted by atomic mass is 9.84. The van der Waals surface area contributed by atoms with E-state index in [1.165, 1.54) is 4.90 Å². The Balaban J connectivity index is 2.02. The van der Waals surface area contributed by atoms with Gasteiger partial charge in [-0.3, -0.25) is 9.59 Å². The molecule has 0 saturated carbocycles. The quantitative estimate of drug-likeness (QED) is 0.801. The van der Waals surface area contributed by atoms with Gasteiger partial charge in [-0.05, 0) is 29.7 Å². The van der Waals surface area contributed by atoms with Gasteiger partial charge in [-0.2, -0.15) is 5.26 Å². The highest BCUT2D eigenvalue weighted by molar-refractivity contribution is 6.09. The molecule has 5 heteroatoms. The maximum Gasteiger partial charge on any atom is 0.268 e. The van der Waals surface area contributed by atoms with Crippen molar-refractivity contribution < 1.29 is 9.59 Å². The van der Waals surface area contributed by atoms with Gasteiger partial charge in [0.05, 0.1) is 11.6 Å². The molecule has 0 aliphatic carbocycles. The van der Waals surface area contributed by atoms with Crippen LogP contribution in [0.2, 0.25) is 0 Å². The molecular weight excluding hydrogens is 362 g/mol. The van der Waals surface area contributed by atoms with Gasteiger partial charge in [0, 0.05) is 19.0 Å². The number of nitriles is 1. The SMILES string of the molecule is C=Cc1cccc(C#N)c1C=C1C(=O)NC(CC)(Cc2ccccc2)C(=O)N1C. The molecule has 1 N–H and O–H groups in total. The second-order valence-electron chi connectivity index (χ2n) is 7.07. The lowest BCUT2D eigenvalue weighted by molar-refractivity contribution is -0.144. The first-order valence-electron chi connectivity index (χ1n) is 9.47. The van der Waals surface area contributed by atoms with Crippen molar-refractivity contribution in [1.82, 2.24) is 10.2 Å². The summed E-state index contributed by atoms with van der Waals surface area (Å²) < 4.78 is 0. The number of nitrogens with one attached hydrogen (secondary N) is 1. The molecule has 1 fully saturated rings. The first kappa shape index (κ1) is 20.1. The summed E-state index contributed by atoms with van der Waals surface area (Å²) in [5.74, 6) is -0.517. The monoisotopic (exact) mass is 385 g/mol. The number of benzene rings is 2. The number of hydrogen-bond donors (Lipinski definition) is 1. The Hall–Kier alpha value is -3.65. The first-order valence-corrected chi connectivity index (χ1v) is 9.47. The summed E-state index contributed by atoms with van der Waals surface area (Å²) in [7, 11) is 1.60. The Labute approximate surface area is 171 Å². The van der Waals surface area contributed by atoms with E-state index >= 15 is 0 Å². The summed E-state index contributed by atoms with van der Waals surface area (Å²) >= 11 is 0. The molecule has 1 unspecified atom stereocenters. The van der Waals surface area contributed by atoms with Gasteiger partial charge in [0.2, 0.25) is 0 Å². The molecular formula is C24H23N3O2. The molecule has 0 spiro atoms. The number of piperazine rings is 1. The topological polar surface area (TPSA) is 73.2 Å². The smallest absolute Gasteiger partial charge is 0.268 e. The van der Waals surface area contributed by atoms with Gasteiger partial charge in [-0.1, -0.05) is 62.0 Å². The fourth-order valence-corrected chi connectivity index (χ4v) is 3.67. The van der Waals surface area contributed by atoms with Crippen molar-refractivity contribution in [1.29, 1.82) is 5.26 Å². The van der Waals surface area contributed by atoms with Crippen LogP contribution in [0.3, 0.4) is 0 Å². The highest BCUT2D eigenvalue weighted by Gasteiger charge is 2.46. The molecule has 1 saturated heterocycles. The van der Waals surface area contributed by atoms with Crippen molar-refractivity contribution in [3.8, 4) is 6.07 Å². The number of carbonyl (C=O) groups excluding carboxylic acids is 2. The summed E-state index contributed by atoms with van der Waals surface area (Å²) in [5, 5.41) is 12.4. The summed E-state index contributed by atoms with van der Waals surface area (Å²) in [4.78, 5) is 27.8. The van der Waals surface area contributed by atoms with Crippen LogP contribution in [0.5, 0.6) is 0 Å². The highest BCUT2D eigenvalue weighted by atomic mass is 16.2. The zero-order chi connectivity index (χ0) is 21.0. The third-order valence-electron chi connectivity index (χ3n) is 5.37. The molecule has 146 valence electrons. The Morgan fingerprint density at radius 2 is 1.90 bits per heavy atom. The molecule has 5 nitrogen and oxygen atoms in total. The van der Waals surface area contributed by atoms with Gasteiger partial charge in [0.1, 0.15) is 11.2 Å². The summed E-state index contributed by atoms with van der Waals surface area (Å²) in [6.45, 7) is 5.67. The molecule has 1 aliphatic heterocycles. The minimum Gasteiger partial charge on any atom is -0.336 e. The van der Waals surface area contributed by atoms with Crippen LogP contribution >= 0.6 is 0 Å². The minimum absolute atomic E-state index is 0.177. The van der Waals surface area contributed by atoms with Gasteiger partial charge >= 0.3 is 0 Å². The zero-order valence-corrected chi connectivity index (χ0v) is 16.6. The van der Waals surface area contributed by atoms with E-state index in [0.29, 0.717) is 24.0 Å².